The summed E-state index contributed by atoms with van der Waals surface area (Å²) in [4.78, 5) is 0. The van der Waals surface area contributed by atoms with Crippen molar-refractivity contribution in [2.24, 2.45) is 0 Å². The van der Waals surface area contributed by atoms with Crippen LogP contribution in [0.4, 0.5) is 10.1 Å². The van der Waals surface area contributed by atoms with Gasteiger partial charge in [0.2, 0.25) is 0 Å². The molecule has 12 heavy (non-hydrogen) atoms. The zero-order valence-corrected chi connectivity index (χ0v) is 7.83. The van der Waals surface area contributed by atoms with Crippen LogP contribution in [0.1, 0.15) is 12.5 Å². The Hall–Kier alpha value is -0.700. The second-order valence-electron chi connectivity index (χ2n) is 2.48. The summed E-state index contributed by atoms with van der Waals surface area (Å²) in [5.74, 6) is 1.65. The van der Waals surface area contributed by atoms with Gasteiger partial charge in [0.25, 0.3) is 0 Å². The summed E-state index contributed by atoms with van der Waals surface area (Å²) in [5.41, 5.74) is 7.18. The number of benzene rings is 1. The van der Waals surface area contributed by atoms with Gasteiger partial charge in [0.05, 0.1) is 0 Å². The number of hydrogen-bond donors (Lipinski definition) is 1. The maximum atomic E-state index is 12.6. The van der Waals surface area contributed by atoms with Crippen molar-refractivity contribution >= 4 is 17.4 Å². The molecule has 1 aromatic rings. The Morgan fingerprint density at radius 1 is 1.50 bits per heavy atom. The average Bonchev–Trinajstić information content (AvgIpc) is 2.03. The molecule has 1 rings (SSSR count). The highest BCUT2D eigenvalue weighted by Crippen LogP contribution is 2.19. The summed E-state index contributed by atoms with van der Waals surface area (Å²) < 4.78 is 12.6. The van der Waals surface area contributed by atoms with Crippen molar-refractivity contribution in [2.45, 2.75) is 12.7 Å². The lowest BCUT2D eigenvalue weighted by molar-refractivity contribution is 0.628. The van der Waals surface area contributed by atoms with Gasteiger partial charge in [-0.25, -0.2) is 4.39 Å². The Balaban J connectivity index is 2.72. The molecular formula is C9H12FNS. The number of hydrogen-bond acceptors (Lipinski definition) is 2. The van der Waals surface area contributed by atoms with E-state index < -0.39 is 0 Å². The van der Waals surface area contributed by atoms with Crippen LogP contribution >= 0.6 is 11.8 Å². The molecule has 0 radical (unpaired) electrons. The van der Waals surface area contributed by atoms with E-state index in [1.165, 1.54) is 12.1 Å². The first kappa shape index (κ1) is 9.39. The third-order valence-corrected chi connectivity index (χ3v) is 2.49. The van der Waals surface area contributed by atoms with Gasteiger partial charge in [-0.05, 0) is 23.4 Å². The molecule has 66 valence electrons. The molecular weight excluding hydrogens is 173 g/mol. The van der Waals surface area contributed by atoms with Crippen LogP contribution in [0.15, 0.2) is 18.2 Å². The van der Waals surface area contributed by atoms with E-state index in [9.17, 15) is 4.39 Å². The molecule has 0 fully saturated rings. The van der Waals surface area contributed by atoms with Crippen molar-refractivity contribution in [1.29, 1.82) is 0 Å². The van der Waals surface area contributed by atoms with E-state index in [-0.39, 0.29) is 5.82 Å². The largest absolute Gasteiger partial charge is 0.398 e. The summed E-state index contributed by atoms with van der Waals surface area (Å²) in [6, 6.07) is 4.56. The minimum Gasteiger partial charge on any atom is -0.398 e. The SMILES string of the molecule is CCSCc1ccc(F)cc1N. The Morgan fingerprint density at radius 3 is 2.83 bits per heavy atom. The average molecular weight is 185 g/mol. The van der Waals surface area contributed by atoms with Crippen molar-refractivity contribution in [1.82, 2.24) is 0 Å². The van der Waals surface area contributed by atoms with Gasteiger partial charge >= 0.3 is 0 Å². The Bertz CT molecular complexity index is 263. The van der Waals surface area contributed by atoms with Crippen LogP contribution < -0.4 is 5.73 Å². The van der Waals surface area contributed by atoms with E-state index in [4.69, 9.17) is 5.73 Å². The second kappa shape index (κ2) is 4.36. The molecule has 0 aliphatic carbocycles. The van der Waals surface area contributed by atoms with Gasteiger partial charge in [-0.15, -0.1) is 0 Å². The molecule has 0 aromatic heterocycles. The van der Waals surface area contributed by atoms with Crippen LogP contribution in [0.5, 0.6) is 0 Å². The molecule has 0 spiro atoms. The standard InChI is InChI=1S/C9H12FNS/c1-2-12-6-7-3-4-8(10)5-9(7)11/h3-5H,2,6,11H2,1H3. The van der Waals surface area contributed by atoms with E-state index in [0.29, 0.717) is 5.69 Å². The zero-order valence-electron chi connectivity index (χ0n) is 7.01. The van der Waals surface area contributed by atoms with Crippen molar-refractivity contribution < 1.29 is 4.39 Å². The predicted octanol–water partition coefficient (Wildman–Crippen LogP) is 2.66. The Labute approximate surface area is 76.2 Å². The lowest BCUT2D eigenvalue weighted by Gasteiger charge is -2.03. The third kappa shape index (κ3) is 2.41. The van der Waals surface area contributed by atoms with E-state index in [1.54, 1.807) is 17.8 Å². The fraction of sp³-hybridized carbons (Fsp3) is 0.333. The van der Waals surface area contributed by atoms with Crippen molar-refractivity contribution in [2.75, 3.05) is 11.5 Å². The molecule has 0 amide bonds. The van der Waals surface area contributed by atoms with Gasteiger partial charge in [-0.3, -0.25) is 0 Å². The third-order valence-electron chi connectivity index (χ3n) is 1.57. The predicted molar refractivity (Wildman–Crippen MR) is 52.6 cm³/mol. The number of nitrogen functional groups attached to an aromatic ring is 1. The molecule has 0 bridgehead atoms. The number of nitrogens with two attached hydrogens (primary N) is 1. The van der Waals surface area contributed by atoms with Gasteiger partial charge in [0.1, 0.15) is 5.82 Å². The Morgan fingerprint density at radius 2 is 2.25 bits per heavy atom. The highest BCUT2D eigenvalue weighted by Gasteiger charge is 1.99. The highest BCUT2D eigenvalue weighted by atomic mass is 32.2. The first-order valence-electron chi connectivity index (χ1n) is 3.85. The van der Waals surface area contributed by atoms with Crippen LogP contribution in [-0.4, -0.2) is 5.75 Å². The molecule has 0 heterocycles. The van der Waals surface area contributed by atoms with Gasteiger partial charge in [-0.1, -0.05) is 13.0 Å². The Kier molecular flexibility index (Phi) is 3.41. The van der Waals surface area contributed by atoms with Crippen molar-refractivity contribution in [3.8, 4) is 0 Å². The normalized spacial score (nSPS) is 10.2. The van der Waals surface area contributed by atoms with Gasteiger partial charge < -0.3 is 5.73 Å². The summed E-state index contributed by atoms with van der Waals surface area (Å²) in [6.07, 6.45) is 0. The number of anilines is 1. The first-order valence-corrected chi connectivity index (χ1v) is 5.01. The molecule has 0 aliphatic heterocycles. The maximum absolute atomic E-state index is 12.6. The second-order valence-corrected chi connectivity index (χ2v) is 3.75. The summed E-state index contributed by atoms with van der Waals surface area (Å²) in [7, 11) is 0. The minimum atomic E-state index is -0.266. The molecule has 1 aromatic carbocycles. The first-order chi connectivity index (χ1) is 5.74. The van der Waals surface area contributed by atoms with Crippen LogP contribution in [0, 0.1) is 5.82 Å². The molecule has 0 aliphatic rings. The fourth-order valence-electron chi connectivity index (χ4n) is 0.909. The molecule has 0 saturated heterocycles. The molecule has 0 unspecified atom stereocenters. The lowest BCUT2D eigenvalue weighted by atomic mass is 10.2. The van der Waals surface area contributed by atoms with E-state index in [1.807, 2.05) is 0 Å². The number of halogens is 1. The fourth-order valence-corrected chi connectivity index (χ4v) is 1.60. The summed E-state index contributed by atoms with van der Waals surface area (Å²) in [6.45, 7) is 2.09. The monoisotopic (exact) mass is 185 g/mol. The van der Waals surface area contributed by atoms with Gasteiger partial charge in [0, 0.05) is 11.4 Å². The maximum Gasteiger partial charge on any atom is 0.125 e. The minimum absolute atomic E-state index is 0.266. The van der Waals surface area contributed by atoms with Crippen molar-refractivity contribution in [3.05, 3.63) is 29.6 Å². The number of thioether (sulfide) groups is 1. The van der Waals surface area contributed by atoms with Gasteiger partial charge in [0.15, 0.2) is 0 Å². The topological polar surface area (TPSA) is 26.0 Å². The quantitative estimate of drug-likeness (QED) is 0.733. The van der Waals surface area contributed by atoms with E-state index in [2.05, 4.69) is 6.92 Å². The van der Waals surface area contributed by atoms with Crippen LogP contribution in [0.2, 0.25) is 0 Å². The molecule has 0 atom stereocenters. The molecule has 3 heteroatoms. The van der Waals surface area contributed by atoms with Crippen molar-refractivity contribution in [3.63, 3.8) is 0 Å². The van der Waals surface area contributed by atoms with Crippen LogP contribution in [-0.2, 0) is 5.75 Å². The smallest absolute Gasteiger partial charge is 0.125 e. The summed E-state index contributed by atoms with van der Waals surface area (Å²) >= 11 is 1.78. The van der Waals surface area contributed by atoms with Crippen LogP contribution in [0.25, 0.3) is 0 Å². The molecule has 0 saturated carbocycles. The van der Waals surface area contributed by atoms with E-state index >= 15 is 0 Å². The number of rotatable bonds is 3. The van der Waals surface area contributed by atoms with Crippen LogP contribution in [0.3, 0.4) is 0 Å². The molecule has 1 nitrogen and oxygen atoms in total. The van der Waals surface area contributed by atoms with E-state index in [0.717, 1.165) is 17.1 Å². The van der Waals surface area contributed by atoms with Gasteiger partial charge in [-0.2, -0.15) is 11.8 Å². The molecule has 2 N–H and O–H groups in total. The summed E-state index contributed by atoms with van der Waals surface area (Å²) in [5, 5.41) is 0. The zero-order chi connectivity index (χ0) is 8.97. The lowest BCUT2D eigenvalue weighted by Crippen LogP contribution is -1.93. The highest BCUT2D eigenvalue weighted by molar-refractivity contribution is 7.98.